The third-order valence-electron chi connectivity index (χ3n) is 6.12. The molecule has 0 spiro atoms. The van der Waals surface area contributed by atoms with Crippen LogP contribution in [0.15, 0.2) is 30.3 Å². The predicted octanol–water partition coefficient (Wildman–Crippen LogP) is 1.04. The maximum Gasteiger partial charge on any atom is 0.270 e. The highest BCUT2D eigenvalue weighted by Crippen LogP contribution is 2.25. The van der Waals surface area contributed by atoms with Crippen LogP contribution in [0.5, 0.6) is 5.75 Å². The van der Waals surface area contributed by atoms with E-state index < -0.39 is 6.61 Å². The zero-order valence-corrected chi connectivity index (χ0v) is 20.3. The van der Waals surface area contributed by atoms with Crippen molar-refractivity contribution in [2.24, 2.45) is 5.92 Å². The van der Waals surface area contributed by atoms with Crippen LogP contribution in [0.25, 0.3) is 11.5 Å². The third kappa shape index (κ3) is 6.60. The average Bonchev–Trinajstić information content (AvgIpc) is 3.36. The standard InChI is InChI=1S/C24H30N8O4/c1-15-26-20(11-21(27-15)24(35)25-12-17-4-3-5-19(10-17)36-2)23-29-31-32(30-23)13-16-6-8-18(9-7-16)28-22(34)14-33/h3-5,10-11,16,18,33H,6-9,12-14H2,1-2H3,(H,25,35)(H,28,34). The van der Waals surface area contributed by atoms with Gasteiger partial charge in [0.15, 0.2) is 0 Å². The molecule has 1 aromatic carbocycles. The minimum Gasteiger partial charge on any atom is -0.497 e. The summed E-state index contributed by atoms with van der Waals surface area (Å²) in [6, 6.07) is 9.12. The minimum absolute atomic E-state index is 0.0950. The van der Waals surface area contributed by atoms with Crippen LogP contribution in [-0.2, 0) is 17.9 Å². The summed E-state index contributed by atoms with van der Waals surface area (Å²) < 4.78 is 5.22. The molecule has 12 nitrogen and oxygen atoms in total. The molecule has 0 aliphatic heterocycles. The fourth-order valence-electron chi connectivity index (χ4n) is 4.27. The molecule has 1 aliphatic rings. The number of methoxy groups -OCH3 is 1. The fourth-order valence-corrected chi connectivity index (χ4v) is 4.27. The van der Waals surface area contributed by atoms with Crippen molar-refractivity contribution in [3.05, 3.63) is 47.4 Å². The number of aromatic nitrogens is 6. The summed E-state index contributed by atoms with van der Waals surface area (Å²) in [5, 5.41) is 27.3. The SMILES string of the molecule is COc1cccc(CNC(=O)c2cc(-c3nnn(CC4CCC(NC(=O)CO)CC4)n3)nc(C)n2)c1. The maximum atomic E-state index is 12.8. The van der Waals surface area contributed by atoms with Crippen molar-refractivity contribution < 1.29 is 19.4 Å². The Hall–Kier alpha value is -3.93. The molecule has 0 atom stereocenters. The number of tetrazole rings is 1. The monoisotopic (exact) mass is 494 g/mol. The number of aliphatic hydroxyl groups excluding tert-OH is 1. The lowest BCUT2D eigenvalue weighted by atomic mass is 9.86. The smallest absolute Gasteiger partial charge is 0.270 e. The lowest BCUT2D eigenvalue weighted by Gasteiger charge is -2.28. The summed E-state index contributed by atoms with van der Waals surface area (Å²) in [5.41, 5.74) is 1.55. The lowest BCUT2D eigenvalue weighted by molar-refractivity contribution is -0.124. The number of nitrogens with zero attached hydrogens (tertiary/aromatic N) is 6. The molecule has 2 heterocycles. The normalized spacial score (nSPS) is 17.4. The molecule has 0 saturated heterocycles. The van der Waals surface area contributed by atoms with Crippen molar-refractivity contribution in [2.75, 3.05) is 13.7 Å². The number of aryl methyl sites for hydroxylation is 1. The summed E-state index contributed by atoms with van der Waals surface area (Å²) in [6.07, 6.45) is 3.52. The van der Waals surface area contributed by atoms with Crippen molar-refractivity contribution in [3.8, 4) is 17.3 Å². The van der Waals surface area contributed by atoms with E-state index in [-0.39, 0.29) is 23.6 Å². The van der Waals surface area contributed by atoms with Gasteiger partial charge in [0.25, 0.3) is 5.91 Å². The Bertz CT molecular complexity index is 1210. The molecule has 190 valence electrons. The first-order chi connectivity index (χ1) is 17.4. The van der Waals surface area contributed by atoms with Crippen molar-refractivity contribution in [1.82, 2.24) is 40.8 Å². The van der Waals surface area contributed by atoms with Gasteiger partial charge in [-0.3, -0.25) is 9.59 Å². The number of rotatable bonds is 9. The number of hydrogen-bond donors (Lipinski definition) is 3. The molecule has 2 aromatic heterocycles. The van der Waals surface area contributed by atoms with Crippen molar-refractivity contribution in [2.45, 2.75) is 51.7 Å². The van der Waals surface area contributed by atoms with E-state index in [1.807, 2.05) is 24.3 Å². The van der Waals surface area contributed by atoms with Crippen LogP contribution < -0.4 is 15.4 Å². The second-order valence-corrected chi connectivity index (χ2v) is 8.83. The molecule has 0 radical (unpaired) electrons. The Morgan fingerprint density at radius 1 is 1.17 bits per heavy atom. The second kappa shape index (κ2) is 11.7. The lowest BCUT2D eigenvalue weighted by Crippen LogP contribution is -2.39. The average molecular weight is 495 g/mol. The van der Waals surface area contributed by atoms with Gasteiger partial charge in [-0.1, -0.05) is 12.1 Å². The van der Waals surface area contributed by atoms with Crippen molar-refractivity contribution in [1.29, 1.82) is 0 Å². The van der Waals surface area contributed by atoms with Gasteiger partial charge in [0, 0.05) is 12.6 Å². The van der Waals surface area contributed by atoms with Crippen LogP contribution >= 0.6 is 0 Å². The van der Waals surface area contributed by atoms with Crippen LogP contribution in [0, 0.1) is 12.8 Å². The van der Waals surface area contributed by atoms with Gasteiger partial charge in [-0.25, -0.2) is 9.97 Å². The van der Waals surface area contributed by atoms with Crippen LogP contribution in [0.2, 0.25) is 0 Å². The number of carbonyl (C=O) groups excluding carboxylic acids is 2. The number of carbonyl (C=O) groups is 2. The zero-order valence-electron chi connectivity index (χ0n) is 20.3. The highest BCUT2D eigenvalue weighted by Gasteiger charge is 2.23. The van der Waals surface area contributed by atoms with Gasteiger partial charge in [-0.2, -0.15) is 4.80 Å². The second-order valence-electron chi connectivity index (χ2n) is 8.83. The van der Waals surface area contributed by atoms with E-state index in [0.29, 0.717) is 36.4 Å². The van der Waals surface area contributed by atoms with Gasteiger partial charge in [-0.15, -0.1) is 10.2 Å². The molecule has 1 aliphatic carbocycles. The Kier molecular flexibility index (Phi) is 8.16. The topological polar surface area (TPSA) is 157 Å². The molecule has 3 N–H and O–H groups in total. The van der Waals surface area contributed by atoms with Crippen LogP contribution in [-0.4, -0.2) is 66.9 Å². The van der Waals surface area contributed by atoms with E-state index in [1.165, 1.54) is 0 Å². The fraction of sp³-hybridized carbons (Fsp3) is 0.458. The molecule has 3 aromatic rings. The van der Waals surface area contributed by atoms with Crippen LogP contribution in [0.4, 0.5) is 0 Å². The summed E-state index contributed by atoms with van der Waals surface area (Å²) in [5.74, 6) is 1.17. The highest BCUT2D eigenvalue weighted by molar-refractivity contribution is 5.93. The molecular weight excluding hydrogens is 464 g/mol. The van der Waals surface area contributed by atoms with Gasteiger partial charge in [0.2, 0.25) is 11.7 Å². The summed E-state index contributed by atoms with van der Waals surface area (Å²) >= 11 is 0. The van der Waals surface area contributed by atoms with E-state index in [1.54, 1.807) is 24.9 Å². The number of amides is 2. The van der Waals surface area contributed by atoms with Gasteiger partial charge < -0.3 is 20.5 Å². The summed E-state index contributed by atoms with van der Waals surface area (Å²) in [7, 11) is 1.60. The molecule has 1 fully saturated rings. The first-order valence-electron chi connectivity index (χ1n) is 11.9. The van der Waals surface area contributed by atoms with Gasteiger partial charge >= 0.3 is 0 Å². The Morgan fingerprint density at radius 3 is 2.72 bits per heavy atom. The van der Waals surface area contributed by atoms with Gasteiger partial charge in [0.1, 0.15) is 29.6 Å². The largest absolute Gasteiger partial charge is 0.497 e. The van der Waals surface area contributed by atoms with Crippen molar-refractivity contribution in [3.63, 3.8) is 0 Å². The van der Waals surface area contributed by atoms with Crippen molar-refractivity contribution >= 4 is 11.8 Å². The van der Waals surface area contributed by atoms with Crippen LogP contribution in [0.3, 0.4) is 0 Å². The first kappa shape index (κ1) is 25.2. The Morgan fingerprint density at radius 2 is 1.97 bits per heavy atom. The Balaban J connectivity index is 1.36. The minimum atomic E-state index is -0.486. The highest BCUT2D eigenvalue weighted by atomic mass is 16.5. The number of nitrogens with one attached hydrogen (secondary N) is 2. The number of aliphatic hydroxyl groups is 1. The molecule has 12 heteroatoms. The molecule has 0 unspecified atom stereocenters. The quantitative estimate of drug-likeness (QED) is 0.395. The number of ether oxygens (including phenoxy) is 1. The number of hydrogen-bond acceptors (Lipinski definition) is 9. The molecule has 4 rings (SSSR count). The zero-order chi connectivity index (χ0) is 25.5. The summed E-state index contributed by atoms with van der Waals surface area (Å²) in [4.78, 5) is 34.3. The maximum absolute atomic E-state index is 12.8. The summed E-state index contributed by atoms with van der Waals surface area (Å²) in [6.45, 7) is 2.15. The van der Waals surface area contributed by atoms with E-state index in [0.717, 1.165) is 37.0 Å². The van der Waals surface area contributed by atoms with E-state index in [9.17, 15) is 9.59 Å². The molecule has 1 saturated carbocycles. The van der Waals surface area contributed by atoms with Crippen LogP contribution in [0.1, 0.15) is 47.6 Å². The number of benzene rings is 1. The first-order valence-corrected chi connectivity index (χ1v) is 11.9. The third-order valence-corrected chi connectivity index (χ3v) is 6.12. The predicted molar refractivity (Wildman–Crippen MR) is 129 cm³/mol. The van der Waals surface area contributed by atoms with Gasteiger partial charge in [0.05, 0.1) is 13.7 Å². The molecule has 36 heavy (non-hydrogen) atoms. The molecule has 0 bridgehead atoms. The van der Waals surface area contributed by atoms with E-state index in [2.05, 4.69) is 36.0 Å². The van der Waals surface area contributed by atoms with E-state index >= 15 is 0 Å². The molecule has 2 amide bonds. The van der Waals surface area contributed by atoms with Gasteiger partial charge in [-0.05, 0) is 67.5 Å². The van der Waals surface area contributed by atoms with E-state index in [4.69, 9.17) is 9.84 Å². The Labute approximate surface area is 208 Å². The molecular formula is C24H30N8O4.